The molecule has 132 valence electrons. The molecular weight excluding hydrogens is 302 g/mol. The molecule has 2 amide bonds. The number of hydrogen-bond acceptors (Lipinski definition) is 3. The molecule has 1 fully saturated rings. The summed E-state index contributed by atoms with van der Waals surface area (Å²) in [4.78, 5) is 27.0. The predicted molar refractivity (Wildman–Crippen MR) is 95.3 cm³/mol. The normalized spacial score (nSPS) is 24.0. The van der Waals surface area contributed by atoms with E-state index in [0.717, 1.165) is 6.42 Å². The lowest BCUT2D eigenvalue weighted by Crippen LogP contribution is -2.50. The van der Waals surface area contributed by atoms with E-state index in [1.54, 1.807) is 0 Å². The van der Waals surface area contributed by atoms with Crippen LogP contribution >= 0.6 is 0 Å². The third-order valence-electron chi connectivity index (χ3n) is 5.07. The summed E-state index contributed by atoms with van der Waals surface area (Å²) < 4.78 is 5.22. The molecule has 0 spiro atoms. The molecule has 1 heterocycles. The van der Waals surface area contributed by atoms with Crippen LogP contribution in [0.25, 0.3) is 0 Å². The Balaban J connectivity index is 2.35. The van der Waals surface area contributed by atoms with Gasteiger partial charge in [-0.25, -0.2) is 9.69 Å². The smallest absolute Gasteiger partial charge is 0.417 e. The van der Waals surface area contributed by atoms with Crippen LogP contribution in [0, 0.1) is 23.2 Å². The minimum atomic E-state index is -0.507. The Morgan fingerprint density at radius 1 is 1.25 bits per heavy atom. The third kappa shape index (κ3) is 3.80. The van der Waals surface area contributed by atoms with Gasteiger partial charge < -0.3 is 4.74 Å². The fourth-order valence-corrected chi connectivity index (χ4v) is 3.32. The van der Waals surface area contributed by atoms with Crippen molar-refractivity contribution >= 4 is 12.0 Å². The highest BCUT2D eigenvalue weighted by molar-refractivity contribution is 5.95. The van der Waals surface area contributed by atoms with Crippen LogP contribution in [0.5, 0.6) is 0 Å². The molecule has 0 saturated carbocycles. The minimum Gasteiger partial charge on any atom is -0.447 e. The van der Waals surface area contributed by atoms with Gasteiger partial charge in [0.05, 0.1) is 12.0 Å². The summed E-state index contributed by atoms with van der Waals surface area (Å²) in [7, 11) is 0. The summed E-state index contributed by atoms with van der Waals surface area (Å²) in [5.74, 6) is -0.230. The molecule has 1 saturated heterocycles. The summed E-state index contributed by atoms with van der Waals surface area (Å²) in [5, 5.41) is 0. The highest BCUT2D eigenvalue weighted by atomic mass is 16.6. The zero-order chi connectivity index (χ0) is 17.9. The Kier molecular flexibility index (Phi) is 5.68. The molecule has 0 aromatic carbocycles. The molecule has 4 heteroatoms. The highest BCUT2D eigenvalue weighted by Gasteiger charge is 2.47. The second-order valence-electron chi connectivity index (χ2n) is 7.81. The van der Waals surface area contributed by atoms with Crippen LogP contribution in [-0.4, -0.2) is 29.5 Å². The SMILES string of the molecule is CC[C@H](C)[C@@H](C(=O)N1C(=O)OC[C@@H]1C(C)(C)C)C1C=CC=CC=C1. The summed E-state index contributed by atoms with van der Waals surface area (Å²) in [6, 6.07) is -0.221. The second kappa shape index (κ2) is 7.37. The molecule has 2 rings (SSSR count). The van der Waals surface area contributed by atoms with E-state index in [2.05, 4.69) is 13.8 Å². The number of carbonyl (C=O) groups is 2. The van der Waals surface area contributed by atoms with E-state index in [0.29, 0.717) is 0 Å². The maximum absolute atomic E-state index is 13.4. The monoisotopic (exact) mass is 331 g/mol. The van der Waals surface area contributed by atoms with Gasteiger partial charge in [0.2, 0.25) is 5.91 Å². The number of carbonyl (C=O) groups excluding carboxylic acids is 2. The van der Waals surface area contributed by atoms with Gasteiger partial charge in [0.1, 0.15) is 6.61 Å². The molecule has 0 aromatic heterocycles. The van der Waals surface area contributed by atoms with Gasteiger partial charge >= 0.3 is 6.09 Å². The van der Waals surface area contributed by atoms with Crippen molar-refractivity contribution in [1.29, 1.82) is 0 Å². The fraction of sp³-hybridized carbons (Fsp3) is 0.600. The summed E-state index contributed by atoms with van der Waals surface area (Å²) >= 11 is 0. The van der Waals surface area contributed by atoms with Gasteiger partial charge in [-0.3, -0.25) is 4.79 Å². The Morgan fingerprint density at radius 3 is 2.33 bits per heavy atom. The standard InChI is InChI=1S/C20H29NO3/c1-6-14(2)17(15-11-9-7-8-10-12-15)18(22)21-16(20(3,4)5)13-24-19(21)23/h7-12,14-17H,6,13H2,1-5H3/t14-,16+,17+/m0/s1. The lowest BCUT2D eigenvalue weighted by molar-refractivity contribution is -0.137. The molecule has 0 unspecified atom stereocenters. The Hall–Kier alpha value is -1.84. The third-order valence-corrected chi connectivity index (χ3v) is 5.07. The fourth-order valence-electron chi connectivity index (χ4n) is 3.32. The van der Waals surface area contributed by atoms with E-state index in [-0.39, 0.29) is 41.7 Å². The quantitative estimate of drug-likeness (QED) is 0.770. The summed E-state index contributed by atoms with van der Waals surface area (Å²) in [6.45, 7) is 10.5. The first-order valence-corrected chi connectivity index (χ1v) is 8.78. The molecule has 1 aliphatic heterocycles. The van der Waals surface area contributed by atoms with E-state index in [4.69, 9.17) is 4.74 Å². The molecule has 24 heavy (non-hydrogen) atoms. The first-order chi connectivity index (χ1) is 11.3. The number of amides is 2. The largest absolute Gasteiger partial charge is 0.447 e. The first-order valence-electron chi connectivity index (χ1n) is 8.78. The summed E-state index contributed by atoms with van der Waals surface area (Å²) in [5.41, 5.74) is -0.210. The second-order valence-corrected chi connectivity index (χ2v) is 7.81. The zero-order valence-corrected chi connectivity index (χ0v) is 15.4. The van der Waals surface area contributed by atoms with Crippen LogP contribution in [0.1, 0.15) is 41.0 Å². The average Bonchev–Trinajstić information content (AvgIpc) is 2.73. The topological polar surface area (TPSA) is 46.6 Å². The van der Waals surface area contributed by atoms with Gasteiger partial charge in [-0.15, -0.1) is 0 Å². The van der Waals surface area contributed by atoms with E-state index in [1.165, 1.54) is 4.90 Å². The molecule has 0 radical (unpaired) electrons. The van der Waals surface area contributed by atoms with Gasteiger partial charge in [-0.1, -0.05) is 77.5 Å². The molecule has 0 N–H and O–H groups in total. The molecular formula is C20H29NO3. The number of rotatable bonds is 4. The van der Waals surface area contributed by atoms with Crippen LogP contribution in [-0.2, 0) is 9.53 Å². The van der Waals surface area contributed by atoms with Crippen molar-refractivity contribution in [3.63, 3.8) is 0 Å². The maximum Gasteiger partial charge on any atom is 0.417 e. The van der Waals surface area contributed by atoms with Crippen molar-refractivity contribution in [2.45, 2.75) is 47.1 Å². The molecule has 1 aliphatic carbocycles. The first kappa shape index (κ1) is 18.5. The van der Waals surface area contributed by atoms with Gasteiger partial charge in [-0.2, -0.15) is 0 Å². The van der Waals surface area contributed by atoms with Crippen molar-refractivity contribution in [2.75, 3.05) is 6.61 Å². The van der Waals surface area contributed by atoms with E-state index < -0.39 is 6.09 Å². The molecule has 2 aliphatic rings. The van der Waals surface area contributed by atoms with Gasteiger partial charge in [-0.05, 0) is 11.3 Å². The highest BCUT2D eigenvalue weighted by Crippen LogP contribution is 2.35. The van der Waals surface area contributed by atoms with Crippen LogP contribution in [0.3, 0.4) is 0 Å². The van der Waals surface area contributed by atoms with Gasteiger partial charge in [0.15, 0.2) is 0 Å². The summed E-state index contributed by atoms with van der Waals surface area (Å²) in [6.07, 6.45) is 12.3. The van der Waals surface area contributed by atoms with Gasteiger partial charge in [0.25, 0.3) is 0 Å². The van der Waals surface area contributed by atoms with E-state index in [9.17, 15) is 9.59 Å². The number of allylic oxidation sites excluding steroid dienone is 6. The molecule has 3 atom stereocenters. The van der Waals surface area contributed by atoms with Crippen molar-refractivity contribution in [3.8, 4) is 0 Å². The van der Waals surface area contributed by atoms with Gasteiger partial charge in [0, 0.05) is 5.92 Å². The van der Waals surface area contributed by atoms with Crippen molar-refractivity contribution in [1.82, 2.24) is 4.90 Å². The number of hydrogen-bond donors (Lipinski definition) is 0. The number of cyclic esters (lactones) is 1. The van der Waals surface area contributed by atoms with Crippen LogP contribution in [0.15, 0.2) is 36.5 Å². The van der Waals surface area contributed by atoms with Crippen LogP contribution in [0.4, 0.5) is 4.79 Å². The van der Waals surface area contributed by atoms with Crippen molar-refractivity contribution < 1.29 is 14.3 Å². The zero-order valence-electron chi connectivity index (χ0n) is 15.4. The number of ether oxygens (including phenoxy) is 1. The maximum atomic E-state index is 13.4. The van der Waals surface area contributed by atoms with Crippen molar-refractivity contribution in [3.05, 3.63) is 36.5 Å². The molecule has 0 aromatic rings. The Morgan fingerprint density at radius 2 is 1.83 bits per heavy atom. The van der Waals surface area contributed by atoms with E-state index >= 15 is 0 Å². The Bertz CT molecular complexity index is 552. The minimum absolute atomic E-state index is 0.0172. The Labute approximate surface area is 145 Å². The number of imide groups is 1. The number of nitrogens with zero attached hydrogens (tertiary/aromatic N) is 1. The predicted octanol–water partition coefficient (Wildman–Crippen LogP) is 4.34. The van der Waals surface area contributed by atoms with E-state index in [1.807, 2.05) is 57.2 Å². The lowest BCUT2D eigenvalue weighted by atomic mass is 9.78. The molecule has 4 nitrogen and oxygen atoms in total. The van der Waals surface area contributed by atoms with Crippen LogP contribution < -0.4 is 0 Å². The lowest BCUT2D eigenvalue weighted by Gasteiger charge is -2.35. The van der Waals surface area contributed by atoms with Crippen LogP contribution in [0.2, 0.25) is 0 Å². The van der Waals surface area contributed by atoms with Crippen molar-refractivity contribution in [2.24, 2.45) is 23.2 Å². The average molecular weight is 331 g/mol. The molecule has 0 bridgehead atoms.